The molecule has 1 unspecified atom stereocenters. The van der Waals surface area contributed by atoms with Crippen LogP contribution in [-0.4, -0.2) is 23.8 Å². The summed E-state index contributed by atoms with van der Waals surface area (Å²) >= 11 is 0. The van der Waals surface area contributed by atoms with Crippen molar-refractivity contribution in [2.75, 3.05) is 0 Å². The van der Waals surface area contributed by atoms with E-state index in [1.165, 1.54) is 6.92 Å². The predicted octanol–water partition coefficient (Wildman–Crippen LogP) is 1.40. The maximum absolute atomic E-state index is 11.9. The van der Waals surface area contributed by atoms with Gasteiger partial charge in [-0.2, -0.15) is 4.39 Å². The molecule has 0 saturated heterocycles. The van der Waals surface area contributed by atoms with E-state index in [1.54, 1.807) is 20.8 Å². The fourth-order valence-electron chi connectivity index (χ4n) is 0.543. The molecule has 0 saturated carbocycles. The van der Waals surface area contributed by atoms with Crippen LogP contribution in [0.5, 0.6) is 0 Å². The minimum atomic E-state index is -1.66. The molecule has 0 rings (SSSR count). The lowest BCUT2D eigenvalue weighted by Gasteiger charge is -2.20. The number of ether oxygens (including phenoxy) is 1. The van der Waals surface area contributed by atoms with Gasteiger partial charge in [0.25, 0.3) is 0 Å². The molecule has 0 spiro atoms. The molecule has 0 aromatic carbocycles. The zero-order chi connectivity index (χ0) is 10.6. The molecular formula is C8H14FNO3. The Morgan fingerprint density at radius 2 is 1.85 bits per heavy atom. The van der Waals surface area contributed by atoms with Gasteiger partial charge in [0.2, 0.25) is 0 Å². The number of alkyl carbamates (subject to hydrolysis) is 1. The van der Waals surface area contributed by atoms with E-state index in [-0.39, 0.29) is 0 Å². The molecule has 13 heavy (non-hydrogen) atoms. The molecule has 0 heterocycles. The van der Waals surface area contributed by atoms with Gasteiger partial charge in [0, 0.05) is 5.54 Å². The average Bonchev–Trinajstić information content (AvgIpc) is 1.81. The minimum Gasteiger partial charge on any atom is -0.435 e. The first-order valence-electron chi connectivity index (χ1n) is 3.90. The topological polar surface area (TPSA) is 55.4 Å². The third-order valence-corrected chi connectivity index (χ3v) is 1.08. The highest BCUT2D eigenvalue weighted by Crippen LogP contribution is 2.01. The van der Waals surface area contributed by atoms with Gasteiger partial charge in [-0.15, -0.1) is 0 Å². The summed E-state index contributed by atoms with van der Waals surface area (Å²) in [5, 5.41) is 2.42. The van der Waals surface area contributed by atoms with Gasteiger partial charge in [-0.25, -0.2) is 4.79 Å². The van der Waals surface area contributed by atoms with Crippen molar-refractivity contribution >= 4 is 12.1 Å². The molecule has 76 valence electrons. The molecule has 5 heteroatoms. The molecular weight excluding hydrogens is 177 g/mol. The molecule has 0 aliphatic heterocycles. The van der Waals surface area contributed by atoms with Crippen LogP contribution in [0.15, 0.2) is 0 Å². The Morgan fingerprint density at radius 3 is 2.15 bits per heavy atom. The van der Waals surface area contributed by atoms with E-state index in [0.717, 1.165) is 0 Å². The summed E-state index contributed by atoms with van der Waals surface area (Å²) in [6, 6.07) is -1.66. The average molecular weight is 191 g/mol. The second-order valence-electron chi connectivity index (χ2n) is 3.73. The number of carbonyl (C=O) groups is 2. The van der Waals surface area contributed by atoms with E-state index < -0.39 is 23.8 Å². The summed E-state index contributed by atoms with van der Waals surface area (Å²) < 4.78 is 16.4. The lowest BCUT2D eigenvalue weighted by Crippen LogP contribution is -2.42. The maximum Gasteiger partial charge on any atom is 0.408 e. The van der Waals surface area contributed by atoms with E-state index >= 15 is 0 Å². The molecule has 0 aliphatic carbocycles. The van der Waals surface area contributed by atoms with Crippen molar-refractivity contribution in [2.45, 2.75) is 39.3 Å². The number of carbonyl (C=O) groups excluding carboxylic acids is 2. The third kappa shape index (κ3) is 6.07. The van der Waals surface area contributed by atoms with Gasteiger partial charge in [-0.3, -0.25) is 4.79 Å². The maximum atomic E-state index is 11.9. The number of amides is 1. The predicted molar refractivity (Wildman–Crippen MR) is 44.9 cm³/mol. The van der Waals surface area contributed by atoms with Crippen molar-refractivity contribution < 1.29 is 18.7 Å². The SMILES string of the molecule is CC(OC(=O)NC(C)(C)C)C(=O)F. The van der Waals surface area contributed by atoms with Crippen LogP contribution >= 0.6 is 0 Å². The van der Waals surface area contributed by atoms with Crippen molar-refractivity contribution in [3.63, 3.8) is 0 Å². The number of halogens is 1. The van der Waals surface area contributed by atoms with Gasteiger partial charge >= 0.3 is 12.1 Å². The molecule has 0 aliphatic rings. The van der Waals surface area contributed by atoms with Gasteiger partial charge in [0.1, 0.15) is 0 Å². The molecule has 1 N–H and O–H groups in total. The smallest absolute Gasteiger partial charge is 0.408 e. The van der Waals surface area contributed by atoms with Gasteiger partial charge in [0.05, 0.1) is 0 Å². The Hall–Kier alpha value is -1.13. The van der Waals surface area contributed by atoms with Crippen LogP contribution in [0.25, 0.3) is 0 Å². The van der Waals surface area contributed by atoms with Gasteiger partial charge in [0.15, 0.2) is 6.10 Å². The third-order valence-electron chi connectivity index (χ3n) is 1.08. The summed E-state index contributed by atoms with van der Waals surface area (Å²) in [5.41, 5.74) is -0.462. The summed E-state index contributed by atoms with van der Waals surface area (Å²) in [4.78, 5) is 21.0. The van der Waals surface area contributed by atoms with Crippen LogP contribution in [0, 0.1) is 0 Å². The molecule has 1 atom stereocenters. The number of hydrogen-bond acceptors (Lipinski definition) is 3. The Bertz CT molecular complexity index is 210. The number of hydrogen-bond donors (Lipinski definition) is 1. The van der Waals surface area contributed by atoms with Gasteiger partial charge < -0.3 is 10.1 Å². The van der Waals surface area contributed by atoms with Crippen LogP contribution in [0.1, 0.15) is 27.7 Å². The van der Waals surface area contributed by atoms with Crippen molar-refractivity contribution in [1.82, 2.24) is 5.32 Å². The van der Waals surface area contributed by atoms with Crippen molar-refractivity contribution in [3.8, 4) is 0 Å². The van der Waals surface area contributed by atoms with E-state index in [0.29, 0.717) is 0 Å². The first-order chi connectivity index (χ1) is 5.72. The zero-order valence-corrected chi connectivity index (χ0v) is 8.18. The van der Waals surface area contributed by atoms with Crippen molar-refractivity contribution in [2.24, 2.45) is 0 Å². The van der Waals surface area contributed by atoms with E-state index in [2.05, 4.69) is 10.1 Å². The summed E-state index contributed by atoms with van der Waals surface area (Å²) in [6.45, 7) is 6.41. The minimum absolute atomic E-state index is 0.462. The fraction of sp³-hybridized carbons (Fsp3) is 0.750. The van der Waals surface area contributed by atoms with Crippen LogP contribution in [0.2, 0.25) is 0 Å². The molecule has 0 aromatic rings. The zero-order valence-electron chi connectivity index (χ0n) is 8.18. The molecule has 0 aromatic heterocycles. The molecule has 0 radical (unpaired) electrons. The highest BCUT2D eigenvalue weighted by atomic mass is 19.1. The normalized spacial score (nSPS) is 13.3. The standard InChI is InChI=1S/C8H14FNO3/c1-5(6(9)11)13-7(12)10-8(2,3)4/h5H,1-4H3,(H,10,12). The summed E-state index contributed by atoms with van der Waals surface area (Å²) in [6.07, 6.45) is -2.15. The second kappa shape index (κ2) is 4.20. The quantitative estimate of drug-likeness (QED) is 0.671. The van der Waals surface area contributed by atoms with E-state index in [1.807, 2.05) is 0 Å². The molecule has 1 amide bonds. The summed E-state index contributed by atoms with van der Waals surface area (Å²) in [5.74, 6) is 0. The first-order valence-corrected chi connectivity index (χ1v) is 3.90. The summed E-state index contributed by atoms with van der Waals surface area (Å²) in [7, 11) is 0. The number of rotatable bonds is 2. The number of nitrogens with one attached hydrogen (secondary N) is 1. The Balaban J connectivity index is 3.96. The van der Waals surface area contributed by atoms with E-state index in [4.69, 9.17) is 0 Å². The monoisotopic (exact) mass is 191 g/mol. The largest absolute Gasteiger partial charge is 0.435 e. The van der Waals surface area contributed by atoms with Gasteiger partial charge in [-0.1, -0.05) is 0 Å². The van der Waals surface area contributed by atoms with Crippen LogP contribution in [-0.2, 0) is 9.53 Å². The van der Waals surface area contributed by atoms with Crippen molar-refractivity contribution in [3.05, 3.63) is 0 Å². The van der Waals surface area contributed by atoms with E-state index in [9.17, 15) is 14.0 Å². The van der Waals surface area contributed by atoms with Crippen molar-refractivity contribution in [1.29, 1.82) is 0 Å². The highest BCUT2D eigenvalue weighted by Gasteiger charge is 2.20. The first kappa shape index (κ1) is 11.9. The highest BCUT2D eigenvalue weighted by molar-refractivity contribution is 5.77. The lowest BCUT2D eigenvalue weighted by molar-refractivity contribution is -0.137. The van der Waals surface area contributed by atoms with Crippen LogP contribution in [0.3, 0.4) is 0 Å². The Labute approximate surface area is 76.4 Å². The lowest BCUT2D eigenvalue weighted by atomic mass is 10.1. The van der Waals surface area contributed by atoms with Crippen LogP contribution < -0.4 is 5.32 Å². The molecule has 0 fully saturated rings. The van der Waals surface area contributed by atoms with Crippen LogP contribution in [0.4, 0.5) is 9.18 Å². The Kier molecular flexibility index (Phi) is 3.84. The van der Waals surface area contributed by atoms with Gasteiger partial charge in [-0.05, 0) is 27.7 Å². The Morgan fingerprint density at radius 1 is 1.38 bits per heavy atom. The second-order valence-corrected chi connectivity index (χ2v) is 3.73. The molecule has 0 bridgehead atoms. The fourth-order valence-corrected chi connectivity index (χ4v) is 0.543. The molecule has 4 nitrogen and oxygen atoms in total.